The lowest BCUT2D eigenvalue weighted by Crippen LogP contribution is -2.09. The highest BCUT2D eigenvalue weighted by atomic mass is 35.5. The molecule has 1 aromatic heterocycles. The summed E-state index contributed by atoms with van der Waals surface area (Å²) in [4.78, 5) is 7.98. The Labute approximate surface area is 113 Å². The van der Waals surface area contributed by atoms with Gasteiger partial charge >= 0.3 is 0 Å². The Balaban J connectivity index is 2.43. The first-order valence-corrected chi connectivity index (χ1v) is 6.61. The minimum absolute atomic E-state index is 0.153. The van der Waals surface area contributed by atoms with Crippen molar-refractivity contribution in [1.29, 1.82) is 5.26 Å². The Morgan fingerprint density at radius 1 is 1.44 bits per heavy atom. The number of hydrogen-bond donors (Lipinski definition) is 1. The predicted octanol–water partition coefficient (Wildman–Crippen LogP) is 2.57. The van der Waals surface area contributed by atoms with Crippen molar-refractivity contribution >= 4 is 11.6 Å². The third-order valence-electron chi connectivity index (χ3n) is 2.86. The number of nitrogens with one attached hydrogen (secondary N) is 1. The van der Waals surface area contributed by atoms with Crippen LogP contribution in [0.15, 0.2) is 6.07 Å². The normalized spacial score (nSPS) is 12.1. The molecular formula is C13H19ClN4. The highest BCUT2D eigenvalue weighted by molar-refractivity contribution is 6.29. The Kier molecular flexibility index (Phi) is 6.63. The molecule has 0 aliphatic rings. The molecule has 0 fully saturated rings. The fraction of sp³-hybridized carbons (Fsp3) is 0.615. The third kappa shape index (κ3) is 5.44. The van der Waals surface area contributed by atoms with Crippen LogP contribution in [0.25, 0.3) is 0 Å². The summed E-state index contributed by atoms with van der Waals surface area (Å²) >= 11 is 5.84. The highest BCUT2D eigenvalue weighted by Crippen LogP contribution is 2.15. The summed E-state index contributed by atoms with van der Waals surface area (Å²) in [5.41, 5.74) is 0.854. The molecule has 1 atom stereocenters. The van der Waals surface area contributed by atoms with Crippen molar-refractivity contribution in [2.24, 2.45) is 5.92 Å². The van der Waals surface area contributed by atoms with Crippen LogP contribution >= 0.6 is 11.6 Å². The molecule has 0 aromatic carbocycles. The van der Waals surface area contributed by atoms with Crippen LogP contribution in [0.2, 0.25) is 5.15 Å². The fourth-order valence-electron chi connectivity index (χ4n) is 1.81. The van der Waals surface area contributed by atoms with E-state index in [1.165, 1.54) is 12.8 Å². The second-order valence-electron chi connectivity index (χ2n) is 4.51. The zero-order valence-electron chi connectivity index (χ0n) is 10.9. The second kappa shape index (κ2) is 8.02. The summed E-state index contributed by atoms with van der Waals surface area (Å²) in [5.74, 6) is 0.804. The van der Waals surface area contributed by atoms with Gasteiger partial charge in [-0.25, -0.2) is 9.97 Å². The van der Waals surface area contributed by atoms with Crippen molar-refractivity contribution < 1.29 is 0 Å². The van der Waals surface area contributed by atoms with Gasteiger partial charge in [-0.1, -0.05) is 18.5 Å². The van der Waals surface area contributed by atoms with E-state index in [9.17, 15) is 0 Å². The molecule has 1 heterocycles. The van der Waals surface area contributed by atoms with Crippen molar-refractivity contribution in [2.45, 2.75) is 32.6 Å². The van der Waals surface area contributed by atoms with Crippen molar-refractivity contribution in [1.82, 2.24) is 15.3 Å². The van der Waals surface area contributed by atoms with Gasteiger partial charge in [0, 0.05) is 5.69 Å². The van der Waals surface area contributed by atoms with E-state index < -0.39 is 0 Å². The van der Waals surface area contributed by atoms with Gasteiger partial charge in [-0.05, 0) is 51.3 Å². The van der Waals surface area contributed by atoms with Crippen LogP contribution in [-0.2, 0) is 6.42 Å². The van der Waals surface area contributed by atoms with Gasteiger partial charge in [-0.15, -0.1) is 0 Å². The molecule has 1 aromatic rings. The van der Waals surface area contributed by atoms with Crippen LogP contribution < -0.4 is 5.32 Å². The number of hydrogen-bond acceptors (Lipinski definition) is 4. The minimum atomic E-state index is 0.153. The maximum absolute atomic E-state index is 8.77. The van der Waals surface area contributed by atoms with E-state index in [1.807, 2.05) is 13.1 Å². The molecule has 0 radical (unpaired) electrons. The summed E-state index contributed by atoms with van der Waals surface area (Å²) in [7, 11) is 1.97. The Morgan fingerprint density at radius 2 is 2.22 bits per heavy atom. The Bertz CT molecular complexity index is 414. The van der Waals surface area contributed by atoms with Gasteiger partial charge in [-0.3, -0.25) is 0 Å². The second-order valence-corrected chi connectivity index (χ2v) is 4.89. The molecule has 0 unspecified atom stereocenters. The quantitative estimate of drug-likeness (QED) is 0.609. The molecule has 4 nitrogen and oxygen atoms in total. The Hall–Kier alpha value is -1.18. The average molecular weight is 267 g/mol. The van der Waals surface area contributed by atoms with E-state index in [0.717, 1.165) is 25.1 Å². The molecule has 0 saturated carbocycles. The fourth-order valence-corrected chi connectivity index (χ4v) is 2.01. The van der Waals surface area contributed by atoms with E-state index in [-0.39, 0.29) is 5.82 Å². The smallest absolute Gasteiger partial charge is 0.233 e. The summed E-state index contributed by atoms with van der Waals surface area (Å²) in [6.45, 7) is 3.30. The van der Waals surface area contributed by atoms with E-state index in [0.29, 0.717) is 11.1 Å². The highest BCUT2D eigenvalue weighted by Gasteiger charge is 2.06. The van der Waals surface area contributed by atoms with Crippen LogP contribution in [-0.4, -0.2) is 23.6 Å². The van der Waals surface area contributed by atoms with Crippen molar-refractivity contribution in [3.8, 4) is 6.07 Å². The zero-order valence-corrected chi connectivity index (χ0v) is 11.7. The molecule has 0 aliphatic heterocycles. The molecule has 0 amide bonds. The SMILES string of the molecule is CNCCC[C@H](C)CCc1cc(Cl)nc(C#N)n1. The number of nitrogens with zero attached hydrogens (tertiary/aromatic N) is 3. The predicted molar refractivity (Wildman–Crippen MR) is 72.4 cm³/mol. The van der Waals surface area contributed by atoms with E-state index >= 15 is 0 Å². The van der Waals surface area contributed by atoms with Gasteiger partial charge in [0.15, 0.2) is 0 Å². The van der Waals surface area contributed by atoms with Crippen molar-refractivity contribution in [2.75, 3.05) is 13.6 Å². The van der Waals surface area contributed by atoms with E-state index in [2.05, 4.69) is 22.2 Å². The van der Waals surface area contributed by atoms with Gasteiger partial charge in [0.25, 0.3) is 0 Å². The number of aryl methyl sites for hydroxylation is 1. The van der Waals surface area contributed by atoms with Crippen LogP contribution in [0.1, 0.15) is 37.7 Å². The standard InChI is InChI=1S/C13H19ClN4/c1-10(4-3-7-16-2)5-6-11-8-12(14)18-13(9-15)17-11/h8,10,16H,3-7H2,1-2H3/t10-/m0/s1. The van der Waals surface area contributed by atoms with E-state index in [1.54, 1.807) is 6.07 Å². The van der Waals surface area contributed by atoms with Crippen LogP contribution in [0.4, 0.5) is 0 Å². The van der Waals surface area contributed by atoms with E-state index in [4.69, 9.17) is 16.9 Å². The number of rotatable bonds is 7. The molecule has 18 heavy (non-hydrogen) atoms. The molecule has 0 spiro atoms. The Morgan fingerprint density at radius 3 is 2.89 bits per heavy atom. The first-order chi connectivity index (χ1) is 8.65. The van der Waals surface area contributed by atoms with Crippen LogP contribution in [0.5, 0.6) is 0 Å². The summed E-state index contributed by atoms with van der Waals surface area (Å²) in [6.07, 6.45) is 4.29. The minimum Gasteiger partial charge on any atom is -0.320 e. The molecule has 0 saturated heterocycles. The summed E-state index contributed by atoms with van der Waals surface area (Å²) in [5, 5.41) is 12.3. The lowest BCUT2D eigenvalue weighted by atomic mass is 9.99. The lowest BCUT2D eigenvalue weighted by molar-refractivity contribution is 0.467. The monoisotopic (exact) mass is 266 g/mol. The van der Waals surface area contributed by atoms with Crippen molar-refractivity contribution in [3.63, 3.8) is 0 Å². The number of halogens is 1. The van der Waals surface area contributed by atoms with Gasteiger partial charge < -0.3 is 5.32 Å². The van der Waals surface area contributed by atoms with Crippen molar-refractivity contribution in [3.05, 3.63) is 22.7 Å². The van der Waals surface area contributed by atoms with Gasteiger partial charge in [-0.2, -0.15) is 5.26 Å². The van der Waals surface area contributed by atoms with Crippen LogP contribution in [0, 0.1) is 17.2 Å². The molecule has 5 heteroatoms. The zero-order chi connectivity index (χ0) is 13.4. The van der Waals surface area contributed by atoms with Gasteiger partial charge in [0.2, 0.25) is 5.82 Å². The molecule has 0 bridgehead atoms. The van der Waals surface area contributed by atoms with Gasteiger partial charge in [0.1, 0.15) is 11.2 Å². The molecule has 1 N–H and O–H groups in total. The molecular weight excluding hydrogens is 248 g/mol. The number of nitriles is 1. The average Bonchev–Trinajstić information content (AvgIpc) is 2.36. The maximum atomic E-state index is 8.77. The summed E-state index contributed by atoms with van der Waals surface area (Å²) < 4.78 is 0. The lowest BCUT2D eigenvalue weighted by Gasteiger charge is -2.10. The molecule has 1 rings (SSSR count). The third-order valence-corrected chi connectivity index (χ3v) is 3.06. The van der Waals surface area contributed by atoms with Crippen LogP contribution in [0.3, 0.4) is 0 Å². The number of aromatic nitrogens is 2. The molecule has 0 aliphatic carbocycles. The summed E-state index contributed by atoms with van der Waals surface area (Å²) in [6, 6.07) is 3.66. The topological polar surface area (TPSA) is 61.6 Å². The molecule has 98 valence electrons. The maximum Gasteiger partial charge on any atom is 0.233 e. The first kappa shape index (κ1) is 14.9. The largest absolute Gasteiger partial charge is 0.320 e. The van der Waals surface area contributed by atoms with Gasteiger partial charge in [0.05, 0.1) is 0 Å². The first-order valence-electron chi connectivity index (χ1n) is 6.24.